The molecule has 1 unspecified atom stereocenters. The highest BCUT2D eigenvalue weighted by molar-refractivity contribution is 9.10. The smallest absolute Gasteiger partial charge is 0.220 e. The van der Waals surface area contributed by atoms with Crippen LogP contribution in [0.3, 0.4) is 0 Å². The Labute approximate surface area is 135 Å². The summed E-state index contributed by atoms with van der Waals surface area (Å²) in [5, 5.41) is 11.9. The first-order valence-corrected chi connectivity index (χ1v) is 8.10. The second-order valence-corrected chi connectivity index (χ2v) is 5.91. The number of hydrogen-bond donors (Lipinski definition) is 2. The van der Waals surface area contributed by atoms with E-state index in [0.29, 0.717) is 25.3 Å². The summed E-state index contributed by atoms with van der Waals surface area (Å²) in [5.41, 5.74) is 1.10. The number of benzene rings is 1. The number of hydrogen-bond acceptors (Lipinski definition) is 3. The number of amides is 1. The molecule has 0 bridgehead atoms. The fourth-order valence-corrected chi connectivity index (χ4v) is 2.69. The number of ether oxygens (including phenoxy) is 1. The zero-order valence-corrected chi connectivity index (χ0v) is 14.3. The van der Waals surface area contributed by atoms with Gasteiger partial charge < -0.3 is 15.2 Å². The number of halogens is 1. The molecule has 0 aromatic heterocycles. The molecule has 0 saturated heterocycles. The first-order chi connectivity index (χ1) is 10.1. The van der Waals surface area contributed by atoms with Gasteiger partial charge in [0, 0.05) is 19.6 Å². The Bertz CT molecular complexity index is 451. The summed E-state index contributed by atoms with van der Waals surface area (Å²) in [7, 11) is 1.63. The van der Waals surface area contributed by atoms with Crippen LogP contribution in [0.15, 0.2) is 22.7 Å². The Hall–Kier alpha value is -1.07. The van der Waals surface area contributed by atoms with Gasteiger partial charge in [0.1, 0.15) is 5.75 Å². The summed E-state index contributed by atoms with van der Waals surface area (Å²) in [5.74, 6) is 1.20. The van der Waals surface area contributed by atoms with E-state index in [1.165, 1.54) is 0 Å². The fourth-order valence-electron chi connectivity index (χ4n) is 2.10. The molecule has 2 N–H and O–H groups in total. The Morgan fingerprint density at radius 3 is 2.81 bits per heavy atom. The van der Waals surface area contributed by atoms with Crippen molar-refractivity contribution < 1.29 is 14.6 Å². The number of methoxy groups -OCH3 is 1. The molecule has 118 valence electrons. The molecule has 0 aliphatic rings. The van der Waals surface area contributed by atoms with Crippen LogP contribution >= 0.6 is 15.9 Å². The molecule has 5 heteroatoms. The Balaban J connectivity index is 2.37. The summed E-state index contributed by atoms with van der Waals surface area (Å²) in [4.78, 5) is 11.8. The average Bonchev–Trinajstić information content (AvgIpc) is 2.49. The van der Waals surface area contributed by atoms with Crippen molar-refractivity contribution in [3.63, 3.8) is 0 Å². The quantitative estimate of drug-likeness (QED) is 0.714. The number of nitrogens with one attached hydrogen (secondary N) is 1. The van der Waals surface area contributed by atoms with Gasteiger partial charge in [-0.15, -0.1) is 0 Å². The molecule has 4 nitrogen and oxygen atoms in total. The molecule has 21 heavy (non-hydrogen) atoms. The lowest BCUT2D eigenvalue weighted by Gasteiger charge is -2.14. The van der Waals surface area contributed by atoms with Crippen LogP contribution in [0.4, 0.5) is 0 Å². The molecule has 0 saturated carbocycles. The van der Waals surface area contributed by atoms with Gasteiger partial charge in [0.05, 0.1) is 11.6 Å². The molecule has 1 amide bonds. The van der Waals surface area contributed by atoms with Crippen LogP contribution in [0.1, 0.15) is 31.7 Å². The minimum Gasteiger partial charge on any atom is -0.496 e. The van der Waals surface area contributed by atoms with Crippen LogP contribution in [0, 0.1) is 5.92 Å². The Kier molecular flexibility index (Phi) is 8.38. The number of aliphatic hydroxyl groups is 1. The molecule has 0 aliphatic carbocycles. The maximum Gasteiger partial charge on any atom is 0.220 e. The van der Waals surface area contributed by atoms with E-state index in [-0.39, 0.29) is 12.5 Å². The lowest BCUT2D eigenvalue weighted by molar-refractivity contribution is -0.121. The fraction of sp³-hybridized carbons (Fsp3) is 0.562. The summed E-state index contributed by atoms with van der Waals surface area (Å²) < 4.78 is 6.08. The lowest BCUT2D eigenvalue weighted by atomic mass is 10.0. The summed E-state index contributed by atoms with van der Waals surface area (Å²) >= 11 is 3.44. The van der Waals surface area contributed by atoms with Crippen molar-refractivity contribution in [2.24, 2.45) is 5.92 Å². The number of rotatable bonds is 9. The van der Waals surface area contributed by atoms with Crippen LogP contribution in [-0.4, -0.2) is 31.3 Å². The summed E-state index contributed by atoms with van der Waals surface area (Å²) in [6.07, 6.45) is 2.87. The molecule has 1 aromatic rings. The van der Waals surface area contributed by atoms with E-state index >= 15 is 0 Å². The van der Waals surface area contributed by atoms with E-state index in [2.05, 4.69) is 28.2 Å². The first kappa shape index (κ1) is 18.0. The van der Waals surface area contributed by atoms with Crippen molar-refractivity contribution in [2.75, 3.05) is 20.3 Å². The third-order valence-electron chi connectivity index (χ3n) is 3.56. The van der Waals surface area contributed by atoms with Crippen LogP contribution in [0.25, 0.3) is 0 Å². The van der Waals surface area contributed by atoms with Crippen LogP contribution in [0.2, 0.25) is 0 Å². The van der Waals surface area contributed by atoms with Gasteiger partial charge in [-0.2, -0.15) is 0 Å². The summed E-state index contributed by atoms with van der Waals surface area (Å²) in [6, 6.07) is 5.84. The standard InChI is InChI=1S/C16H24BrNO3/c1-3-12(8-9-19)11-18-16(20)7-5-13-4-6-15(21-2)14(17)10-13/h4,6,10,12,19H,3,5,7-9,11H2,1-2H3,(H,18,20). The monoisotopic (exact) mass is 357 g/mol. The van der Waals surface area contributed by atoms with E-state index in [0.717, 1.165) is 28.6 Å². The molecule has 0 heterocycles. The predicted molar refractivity (Wildman–Crippen MR) is 87.5 cm³/mol. The SMILES string of the molecule is CCC(CCO)CNC(=O)CCc1ccc(OC)c(Br)c1. The minimum atomic E-state index is 0.0540. The highest BCUT2D eigenvalue weighted by atomic mass is 79.9. The maximum absolute atomic E-state index is 11.8. The Morgan fingerprint density at radius 2 is 2.24 bits per heavy atom. The highest BCUT2D eigenvalue weighted by Crippen LogP contribution is 2.25. The number of carbonyl (C=O) groups is 1. The molecule has 1 aromatic carbocycles. The van der Waals surface area contributed by atoms with Crippen LogP contribution in [0.5, 0.6) is 5.75 Å². The largest absolute Gasteiger partial charge is 0.496 e. The average molecular weight is 358 g/mol. The molecule has 0 fully saturated rings. The third kappa shape index (κ3) is 6.48. The van der Waals surface area contributed by atoms with Crippen molar-refractivity contribution in [1.82, 2.24) is 5.32 Å². The van der Waals surface area contributed by atoms with E-state index in [1.54, 1.807) is 7.11 Å². The maximum atomic E-state index is 11.8. The molecule has 0 spiro atoms. The van der Waals surface area contributed by atoms with Gasteiger partial charge >= 0.3 is 0 Å². The minimum absolute atomic E-state index is 0.0540. The van der Waals surface area contributed by atoms with E-state index in [4.69, 9.17) is 9.84 Å². The van der Waals surface area contributed by atoms with E-state index < -0.39 is 0 Å². The van der Waals surface area contributed by atoms with Crippen LogP contribution < -0.4 is 10.1 Å². The van der Waals surface area contributed by atoms with Crippen molar-refractivity contribution in [2.45, 2.75) is 32.6 Å². The molecule has 0 aliphatic heterocycles. The topological polar surface area (TPSA) is 58.6 Å². The van der Waals surface area contributed by atoms with Gasteiger partial charge in [-0.1, -0.05) is 19.4 Å². The second-order valence-electron chi connectivity index (χ2n) is 5.06. The van der Waals surface area contributed by atoms with Gasteiger partial charge in [0.15, 0.2) is 0 Å². The number of aryl methyl sites for hydroxylation is 1. The molecule has 1 atom stereocenters. The normalized spacial score (nSPS) is 12.0. The molecular formula is C16H24BrNO3. The van der Waals surface area contributed by atoms with Gasteiger partial charge in [-0.3, -0.25) is 4.79 Å². The summed E-state index contributed by atoms with van der Waals surface area (Å²) in [6.45, 7) is 2.89. The van der Waals surface area contributed by atoms with Crippen molar-refractivity contribution in [3.8, 4) is 5.75 Å². The highest BCUT2D eigenvalue weighted by Gasteiger charge is 2.09. The molecule has 1 rings (SSSR count). The van der Waals surface area contributed by atoms with Gasteiger partial charge in [0.25, 0.3) is 0 Å². The van der Waals surface area contributed by atoms with Crippen LogP contribution in [-0.2, 0) is 11.2 Å². The number of aliphatic hydroxyl groups excluding tert-OH is 1. The van der Waals surface area contributed by atoms with Gasteiger partial charge in [-0.25, -0.2) is 0 Å². The molecular weight excluding hydrogens is 334 g/mol. The predicted octanol–water partition coefficient (Wildman–Crippen LogP) is 2.92. The van der Waals surface area contributed by atoms with E-state index in [1.807, 2.05) is 18.2 Å². The van der Waals surface area contributed by atoms with Crippen molar-refractivity contribution >= 4 is 21.8 Å². The van der Waals surface area contributed by atoms with Crippen molar-refractivity contribution in [3.05, 3.63) is 28.2 Å². The molecule has 0 radical (unpaired) electrons. The zero-order valence-electron chi connectivity index (χ0n) is 12.7. The van der Waals surface area contributed by atoms with Crippen molar-refractivity contribution in [1.29, 1.82) is 0 Å². The third-order valence-corrected chi connectivity index (χ3v) is 4.18. The van der Waals surface area contributed by atoms with Gasteiger partial charge in [0.2, 0.25) is 5.91 Å². The Morgan fingerprint density at radius 1 is 1.48 bits per heavy atom. The van der Waals surface area contributed by atoms with Gasteiger partial charge in [-0.05, 0) is 52.4 Å². The zero-order chi connectivity index (χ0) is 15.7. The second kappa shape index (κ2) is 9.79. The van der Waals surface area contributed by atoms with E-state index in [9.17, 15) is 4.79 Å². The lowest BCUT2D eigenvalue weighted by Crippen LogP contribution is -2.29. The first-order valence-electron chi connectivity index (χ1n) is 7.30. The number of carbonyl (C=O) groups excluding carboxylic acids is 1.